The minimum absolute atomic E-state index is 0.220. The summed E-state index contributed by atoms with van der Waals surface area (Å²) in [4.78, 5) is 11.7. The summed E-state index contributed by atoms with van der Waals surface area (Å²) in [5, 5.41) is 0. The van der Waals surface area contributed by atoms with E-state index in [-0.39, 0.29) is 11.2 Å². The summed E-state index contributed by atoms with van der Waals surface area (Å²) in [5.41, 5.74) is 0.975. The van der Waals surface area contributed by atoms with Gasteiger partial charge in [-0.3, -0.25) is 4.79 Å². The highest BCUT2D eigenvalue weighted by Crippen LogP contribution is 2.35. The third-order valence-electron chi connectivity index (χ3n) is 3.00. The minimum atomic E-state index is -0.307. The molecule has 0 saturated carbocycles. The van der Waals surface area contributed by atoms with Crippen molar-refractivity contribution in [2.75, 3.05) is 0 Å². The van der Waals surface area contributed by atoms with Crippen molar-refractivity contribution < 1.29 is 4.79 Å². The van der Waals surface area contributed by atoms with E-state index in [4.69, 9.17) is 0 Å². The van der Waals surface area contributed by atoms with Gasteiger partial charge in [-0.15, -0.1) is 6.58 Å². The molecule has 0 aliphatic heterocycles. The smallest absolute Gasteiger partial charge is 0.165 e. The first-order valence-corrected chi connectivity index (χ1v) is 4.88. The normalized spacial score (nSPS) is 28.9. The molecule has 1 aliphatic carbocycles. The average Bonchev–Trinajstić information content (AvgIpc) is 2.09. The van der Waals surface area contributed by atoms with Crippen LogP contribution in [0.3, 0.4) is 0 Å². The van der Waals surface area contributed by atoms with Gasteiger partial charge in [0.25, 0.3) is 0 Å². The van der Waals surface area contributed by atoms with Crippen LogP contribution in [0.4, 0.5) is 0 Å². The fraction of sp³-hybridized carbons (Fsp3) is 0.583. The van der Waals surface area contributed by atoms with Crippen molar-refractivity contribution in [1.29, 1.82) is 0 Å². The van der Waals surface area contributed by atoms with Crippen LogP contribution in [0.2, 0.25) is 0 Å². The van der Waals surface area contributed by atoms with E-state index < -0.39 is 0 Å². The van der Waals surface area contributed by atoms with Crippen molar-refractivity contribution in [2.24, 2.45) is 11.3 Å². The van der Waals surface area contributed by atoms with Crippen LogP contribution in [0.15, 0.2) is 24.3 Å². The lowest BCUT2D eigenvalue weighted by molar-refractivity contribution is -0.121. The Morgan fingerprint density at radius 1 is 1.62 bits per heavy atom. The predicted octanol–water partition coefficient (Wildman–Crippen LogP) is 3.12. The maximum Gasteiger partial charge on any atom is 0.165 e. The Morgan fingerprint density at radius 3 is 2.62 bits per heavy atom. The van der Waals surface area contributed by atoms with E-state index in [1.807, 2.05) is 13.0 Å². The Bertz CT molecular complexity index is 260. The molecular weight excluding hydrogens is 160 g/mol. The Labute approximate surface area is 80.5 Å². The van der Waals surface area contributed by atoms with Gasteiger partial charge in [-0.1, -0.05) is 25.5 Å². The van der Waals surface area contributed by atoms with Crippen molar-refractivity contribution in [3.8, 4) is 0 Å². The highest BCUT2D eigenvalue weighted by molar-refractivity contribution is 5.97. The van der Waals surface area contributed by atoms with Gasteiger partial charge in [0.15, 0.2) is 5.78 Å². The van der Waals surface area contributed by atoms with Gasteiger partial charge in [0.05, 0.1) is 0 Å². The van der Waals surface area contributed by atoms with Crippen LogP contribution < -0.4 is 0 Å². The number of rotatable bonds is 2. The van der Waals surface area contributed by atoms with Crippen LogP contribution >= 0.6 is 0 Å². The molecule has 0 bridgehead atoms. The van der Waals surface area contributed by atoms with E-state index in [1.165, 1.54) is 5.57 Å². The van der Waals surface area contributed by atoms with E-state index >= 15 is 0 Å². The molecule has 13 heavy (non-hydrogen) atoms. The summed E-state index contributed by atoms with van der Waals surface area (Å²) >= 11 is 0. The highest BCUT2D eigenvalue weighted by atomic mass is 16.1. The van der Waals surface area contributed by atoms with E-state index in [2.05, 4.69) is 20.4 Å². The molecule has 0 amide bonds. The van der Waals surface area contributed by atoms with E-state index in [0.29, 0.717) is 5.92 Å². The van der Waals surface area contributed by atoms with Crippen LogP contribution in [0.25, 0.3) is 0 Å². The Morgan fingerprint density at radius 2 is 2.23 bits per heavy atom. The monoisotopic (exact) mass is 178 g/mol. The first-order chi connectivity index (χ1) is 5.99. The summed E-state index contributed by atoms with van der Waals surface area (Å²) in [6, 6.07) is 0. The summed E-state index contributed by atoms with van der Waals surface area (Å²) < 4.78 is 0. The number of carbonyl (C=O) groups is 1. The molecule has 1 rings (SSSR count). The van der Waals surface area contributed by atoms with E-state index in [0.717, 1.165) is 12.8 Å². The second-order valence-corrected chi connectivity index (χ2v) is 4.36. The van der Waals surface area contributed by atoms with Gasteiger partial charge in [-0.05, 0) is 31.8 Å². The van der Waals surface area contributed by atoms with Gasteiger partial charge < -0.3 is 0 Å². The molecule has 0 spiro atoms. The molecule has 0 heterocycles. The van der Waals surface area contributed by atoms with Crippen LogP contribution in [0.1, 0.15) is 33.6 Å². The molecule has 0 aromatic carbocycles. The standard InChI is InChI=1S/C12H18O/c1-5-12(4)7-6-10(9(2)3)8-11(12)13/h5,8-9H,1,6-7H2,2-4H3/t12-/m1/s1. The first kappa shape index (κ1) is 10.2. The fourth-order valence-electron chi connectivity index (χ4n) is 1.59. The lowest BCUT2D eigenvalue weighted by Crippen LogP contribution is -2.28. The number of carbonyl (C=O) groups excluding carboxylic acids is 1. The molecule has 0 aromatic heterocycles. The molecule has 0 radical (unpaired) electrons. The lowest BCUT2D eigenvalue weighted by Gasteiger charge is -2.29. The molecule has 0 N–H and O–H groups in total. The summed E-state index contributed by atoms with van der Waals surface area (Å²) in [6.45, 7) is 9.96. The van der Waals surface area contributed by atoms with Crippen molar-refractivity contribution in [3.05, 3.63) is 24.3 Å². The fourth-order valence-corrected chi connectivity index (χ4v) is 1.59. The SMILES string of the molecule is C=C[C@]1(C)CCC(C(C)C)=CC1=O. The summed E-state index contributed by atoms with van der Waals surface area (Å²) in [6.07, 6.45) is 5.55. The molecular formula is C12H18O. The van der Waals surface area contributed by atoms with Crippen molar-refractivity contribution in [1.82, 2.24) is 0 Å². The van der Waals surface area contributed by atoms with E-state index in [1.54, 1.807) is 6.08 Å². The van der Waals surface area contributed by atoms with Crippen LogP contribution in [-0.2, 0) is 4.79 Å². The van der Waals surface area contributed by atoms with Gasteiger partial charge >= 0.3 is 0 Å². The molecule has 0 unspecified atom stereocenters. The molecule has 1 heteroatoms. The third kappa shape index (κ3) is 1.90. The number of ketones is 1. The van der Waals surface area contributed by atoms with Gasteiger partial charge in [0.1, 0.15) is 0 Å². The van der Waals surface area contributed by atoms with Crippen LogP contribution in [0, 0.1) is 11.3 Å². The molecule has 0 fully saturated rings. The van der Waals surface area contributed by atoms with Gasteiger partial charge in [-0.2, -0.15) is 0 Å². The lowest BCUT2D eigenvalue weighted by atomic mass is 9.74. The van der Waals surface area contributed by atoms with Gasteiger partial charge in [0, 0.05) is 5.41 Å². The molecule has 1 nitrogen and oxygen atoms in total. The Hall–Kier alpha value is -0.850. The van der Waals surface area contributed by atoms with Gasteiger partial charge in [0.2, 0.25) is 0 Å². The Kier molecular flexibility index (Phi) is 2.74. The third-order valence-corrected chi connectivity index (χ3v) is 3.00. The van der Waals surface area contributed by atoms with Crippen molar-refractivity contribution in [2.45, 2.75) is 33.6 Å². The zero-order valence-electron chi connectivity index (χ0n) is 8.76. The zero-order valence-corrected chi connectivity index (χ0v) is 8.76. The summed E-state index contributed by atoms with van der Waals surface area (Å²) in [5.74, 6) is 0.718. The quantitative estimate of drug-likeness (QED) is 0.594. The second kappa shape index (κ2) is 3.49. The second-order valence-electron chi connectivity index (χ2n) is 4.36. The van der Waals surface area contributed by atoms with Gasteiger partial charge in [-0.25, -0.2) is 0 Å². The number of hydrogen-bond acceptors (Lipinski definition) is 1. The minimum Gasteiger partial charge on any atom is -0.294 e. The number of hydrogen-bond donors (Lipinski definition) is 0. The maximum absolute atomic E-state index is 11.7. The van der Waals surface area contributed by atoms with Crippen LogP contribution in [0.5, 0.6) is 0 Å². The number of allylic oxidation sites excluding steroid dienone is 3. The average molecular weight is 178 g/mol. The van der Waals surface area contributed by atoms with Crippen molar-refractivity contribution >= 4 is 5.78 Å². The molecule has 1 atom stereocenters. The first-order valence-electron chi connectivity index (χ1n) is 4.88. The Balaban J connectivity index is 2.89. The largest absolute Gasteiger partial charge is 0.294 e. The maximum atomic E-state index is 11.7. The topological polar surface area (TPSA) is 17.1 Å². The molecule has 72 valence electrons. The van der Waals surface area contributed by atoms with Crippen molar-refractivity contribution in [3.63, 3.8) is 0 Å². The highest BCUT2D eigenvalue weighted by Gasteiger charge is 2.32. The zero-order chi connectivity index (χ0) is 10.1. The van der Waals surface area contributed by atoms with E-state index in [9.17, 15) is 4.79 Å². The summed E-state index contributed by atoms with van der Waals surface area (Å²) in [7, 11) is 0. The predicted molar refractivity (Wildman–Crippen MR) is 55.5 cm³/mol. The van der Waals surface area contributed by atoms with Crippen LogP contribution in [-0.4, -0.2) is 5.78 Å². The molecule has 0 saturated heterocycles. The molecule has 1 aliphatic rings. The molecule has 0 aromatic rings.